The van der Waals surface area contributed by atoms with Crippen molar-refractivity contribution in [1.82, 2.24) is 15.1 Å². The molecule has 1 N–H and O–H groups in total. The van der Waals surface area contributed by atoms with E-state index in [2.05, 4.69) is 10.2 Å². The lowest BCUT2D eigenvalue weighted by molar-refractivity contribution is -0.128. The molecule has 7 heteroatoms. The fraction of sp³-hybridized carbons (Fsp3) is 0.933. The van der Waals surface area contributed by atoms with Gasteiger partial charge in [0.25, 0.3) is 0 Å². The Morgan fingerprint density at radius 1 is 1.14 bits per heavy atom. The Labute approximate surface area is 145 Å². The zero-order chi connectivity index (χ0) is 14.0. The molecule has 1 spiro atoms. The Morgan fingerprint density at radius 2 is 1.86 bits per heavy atom. The molecular weight excluding hydrogens is 325 g/mol. The van der Waals surface area contributed by atoms with Crippen molar-refractivity contribution >= 4 is 5.91 Å². The molecule has 0 bridgehead atoms. The van der Waals surface area contributed by atoms with Gasteiger partial charge in [-0.15, -0.1) is 0 Å². The van der Waals surface area contributed by atoms with Crippen LogP contribution in [0.2, 0.25) is 0 Å². The van der Waals surface area contributed by atoms with E-state index in [0.29, 0.717) is 6.04 Å². The number of hydrogen-bond acceptors (Lipinski definition) is 4. The van der Waals surface area contributed by atoms with Gasteiger partial charge in [-0.1, -0.05) is 0 Å². The summed E-state index contributed by atoms with van der Waals surface area (Å²) in [4.78, 5) is 16.0. The molecule has 3 rings (SSSR count). The second kappa shape index (κ2) is 8.69. The number of piperidine rings is 1. The van der Waals surface area contributed by atoms with Crippen LogP contribution < -0.4 is 30.1 Å². The number of rotatable bonds is 1. The first kappa shape index (κ1) is 20.0. The number of halogens is 2. The van der Waals surface area contributed by atoms with Crippen molar-refractivity contribution in [2.24, 2.45) is 0 Å². The summed E-state index contributed by atoms with van der Waals surface area (Å²) in [5, 5.41) is 3.42. The van der Waals surface area contributed by atoms with Crippen LogP contribution in [0.4, 0.5) is 0 Å². The first-order valence-electron chi connectivity index (χ1n) is 8.03. The maximum absolute atomic E-state index is 11.5. The molecule has 1 amide bonds. The number of ether oxygens (including phenoxy) is 1. The normalized spacial score (nSPS) is 28.6. The molecule has 0 radical (unpaired) electrons. The molecule has 0 aromatic rings. The molecule has 0 saturated carbocycles. The molecule has 3 aliphatic rings. The highest BCUT2D eigenvalue weighted by Crippen LogP contribution is 2.36. The van der Waals surface area contributed by atoms with Gasteiger partial charge >= 0.3 is 0 Å². The average molecular weight is 352 g/mol. The number of carbonyl (C=O) groups is 1. The van der Waals surface area contributed by atoms with Gasteiger partial charge in [0.1, 0.15) is 0 Å². The van der Waals surface area contributed by atoms with Gasteiger partial charge < -0.3 is 39.8 Å². The van der Waals surface area contributed by atoms with Crippen LogP contribution in [0.25, 0.3) is 0 Å². The fourth-order valence-electron chi connectivity index (χ4n) is 3.90. The summed E-state index contributed by atoms with van der Waals surface area (Å²) < 4.78 is 6.20. The van der Waals surface area contributed by atoms with Crippen LogP contribution in [0.3, 0.4) is 0 Å². The molecule has 1 atom stereocenters. The summed E-state index contributed by atoms with van der Waals surface area (Å²) in [5.41, 5.74) is 0.141. The van der Waals surface area contributed by atoms with Gasteiger partial charge in [-0.2, -0.15) is 0 Å². The minimum atomic E-state index is 0. The van der Waals surface area contributed by atoms with Crippen LogP contribution in [0, 0.1) is 0 Å². The van der Waals surface area contributed by atoms with E-state index in [1.807, 2.05) is 4.90 Å². The van der Waals surface area contributed by atoms with E-state index in [1.54, 1.807) is 6.92 Å². The maximum Gasteiger partial charge on any atom is 0.219 e. The molecule has 130 valence electrons. The zero-order valence-corrected chi connectivity index (χ0v) is 14.8. The van der Waals surface area contributed by atoms with E-state index in [-0.39, 0.29) is 36.3 Å². The van der Waals surface area contributed by atoms with E-state index in [0.717, 1.165) is 65.1 Å². The summed E-state index contributed by atoms with van der Waals surface area (Å²) in [5.74, 6) is 0.212. The minimum absolute atomic E-state index is 0. The molecule has 22 heavy (non-hydrogen) atoms. The smallest absolute Gasteiger partial charge is 0.219 e. The highest BCUT2D eigenvalue weighted by molar-refractivity contribution is 5.73. The van der Waals surface area contributed by atoms with Gasteiger partial charge in [-0.3, -0.25) is 9.69 Å². The highest BCUT2D eigenvalue weighted by Gasteiger charge is 2.43. The van der Waals surface area contributed by atoms with Gasteiger partial charge in [-0.25, -0.2) is 0 Å². The van der Waals surface area contributed by atoms with Crippen LogP contribution in [0.1, 0.15) is 32.6 Å². The summed E-state index contributed by atoms with van der Waals surface area (Å²) in [6.45, 7) is 8.62. The van der Waals surface area contributed by atoms with Crippen molar-refractivity contribution in [2.75, 3.05) is 45.9 Å². The lowest BCUT2D eigenvalue weighted by Crippen LogP contribution is -3.00. The third-order valence-electron chi connectivity index (χ3n) is 5.20. The summed E-state index contributed by atoms with van der Waals surface area (Å²) in [7, 11) is 0. The van der Waals surface area contributed by atoms with E-state index in [9.17, 15) is 4.79 Å². The molecule has 3 heterocycles. The minimum Gasteiger partial charge on any atom is -1.00 e. The van der Waals surface area contributed by atoms with Gasteiger partial charge in [0.2, 0.25) is 5.91 Å². The molecule has 5 nitrogen and oxygen atoms in total. The third kappa shape index (κ3) is 4.48. The van der Waals surface area contributed by atoms with E-state index >= 15 is 0 Å². The molecule has 0 aromatic carbocycles. The maximum atomic E-state index is 11.5. The number of hydrogen-bond donors (Lipinski definition) is 1. The molecule has 0 aliphatic carbocycles. The topological polar surface area (TPSA) is 44.8 Å². The van der Waals surface area contributed by atoms with E-state index < -0.39 is 0 Å². The first-order valence-corrected chi connectivity index (χ1v) is 8.03. The second-order valence-corrected chi connectivity index (χ2v) is 6.50. The van der Waals surface area contributed by atoms with Gasteiger partial charge in [-0.05, 0) is 38.8 Å². The molecule has 3 aliphatic heterocycles. The van der Waals surface area contributed by atoms with Gasteiger partial charge in [0, 0.05) is 39.1 Å². The monoisotopic (exact) mass is 351 g/mol. The Kier molecular flexibility index (Phi) is 7.89. The predicted molar refractivity (Wildman–Crippen MR) is 77.6 cm³/mol. The Bertz CT molecular complexity index is 365. The highest BCUT2D eigenvalue weighted by atomic mass is 35.5. The van der Waals surface area contributed by atoms with Crippen molar-refractivity contribution in [3.8, 4) is 0 Å². The van der Waals surface area contributed by atoms with Crippen molar-refractivity contribution < 1.29 is 34.3 Å². The van der Waals surface area contributed by atoms with Gasteiger partial charge in [0.15, 0.2) is 0 Å². The Balaban J connectivity index is 0.00000121. The average Bonchev–Trinajstić information content (AvgIpc) is 2.70. The summed E-state index contributed by atoms with van der Waals surface area (Å²) in [6.07, 6.45) is 4.56. The lowest BCUT2D eigenvalue weighted by atomic mass is 9.88. The van der Waals surface area contributed by atoms with Crippen molar-refractivity contribution in [2.45, 2.75) is 44.2 Å². The third-order valence-corrected chi connectivity index (χ3v) is 5.20. The van der Waals surface area contributed by atoms with Crippen molar-refractivity contribution in [3.63, 3.8) is 0 Å². The molecule has 3 saturated heterocycles. The zero-order valence-electron chi connectivity index (χ0n) is 13.3. The van der Waals surface area contributed by atoms with Crippen LogP contribution in [0.15, 0.2) is 0 Å². The summed E-state index contributed by atoms with van der Waals surface area (Å²) in [6, 6.07) is 0.556. The van der Waals surface area contributed by atoms with Gasteiger partial charge in [0.05, 0.1) is 12.2 Å². The lowest BCUT2D eigenvalue weighted by Gasteiger charge is -2.34. The van der Waals surface area contributed by atoms with E-state index in [4.69, 9.17) is 4.74 Å². The number of nitrogens with one attached hydrogen (secondary N) is 1. The Hall–Kier alpha value is -0.0700. The fourth-order valence-corrected chi connectivity index (χ4v) is 3.90. The first-order chi connectivity index (χ1) is 9.69. The largest absolute Gasteiger partial charge is 1.00 e. The molecular formula is C15H27Cl2N3O2-2. The van der Waals surface area contributed by atoms with Crippen molar-refractivity contribution in [1.29, 1.82) is 0 Å². The Morgan fingerprint density at radius 3 is 2.55 bits per heavy atom. The number of nitrogens with zero attached hydrogens (tertiary/aromatic N) is 2. The van der Waals surface area contributed by atoms with Crippen LogP contribution in [-0.2, 0) is 9.53 Å². The SMILES string of the molecule is CC(=O)N1CCCN(C2COC3(CCNCC3)C2)CC1.[Cl-].[Cl-]. The summed E-state index contributed by atoms with van der Waals surface area (Å²) >= 11 is 0. The quantitative estimate of drug-likeness (QED) is 0.512. The van der Waals surface area contributed by atoms with Crippen molar-refractivity contribution in [3.05, 3.63) is 0 Å². The standard InChI is InChI=1S/C15H27N3O2.2ClH/c1-13(19)17-7-2-8-18(10-9-17)14-11-15(20-12-14)3-5-16-6-4-15;;/h14,16H,2-12H2,1H3;2*1H/p-2. The van der Waals surface area contributed by atoms with Crippen LogP contribution >= 0.6 is 0 Å². The molecule has 1 unspecified atom stereocenters. The number of amides is 1. The second-order valence-electron chi connectivity index (χ2n) is 6.50. The van der Waals surface area contributed by atoms with Crippen LogP contribution in [0.5, 0.6) is 0 Å². The molecule has 0 aromatic heterocycles. The molecule has 3 fully saturated rings. The number of carbonyl (C=O) groups excluding carboxylic acids is 1. The predicted octanol–water partition coefficient (Wildman–Crippen LogP) is -5.54. The van der Waals surface area contributed by atoms with Crippen LogP contribution in [-0.4, -0.2) is 73.2 Å². The van der Waals surface area contributed by atoms with E-state index in [1.165, 1.54) is 6.42 Å².